The van der Waals surface area contributed by atoms with Crippen molar-refractivity contribution in [3.8, 4) is 0 Å². The molecule has 0 saturated carbocycles. The smallest absolute Gasteiger partial charge is 0.329 e. The summed E-state index contributed by atoms with van der Waals surface area (Å²) in [6.07, 6.45) is 1.34. The second-order valence-corrected chi connectivity index (χ2v) is 5.78. The molecule has 0 aliphatic carbocycles. The van der Waals surface area contributed by atoms with E-state index in [0.717, 1.165) is 0 Å². The Labute approximate surface area is 145 Å². The van der Waals surface area contributed by atoms with Crippen molar-refractivity contribution in [2.75, 3.05) is 6.61 Å². The minimum absolute atomic E-state index is 0.0551. The van der Waals surface area contributed by atoms with Crippen LogP contribution in [0, 0.1) is 11.3 Å². The summed E-state index contributed by atoms with van der Waals surface area (Å²) in [5, 5.41) is 19.9. The summed E-state index contributed by atoms with van der Waals surface area (Å²) in [6, 6.07) is 2.04. The number of amides is 1. The molecule has 0 spiro atoms. The van der Waals surface area contributed by atoms with Crippen molar-refractivity contribution >= 4 is 23.4 Å². The molecule has 1 rings (SSSR count). The average molecular weight is 350 g/mol. The third-order valence-corrected chi connectivity index (χ3v) is 3.32. The van der Waals surface area contributed by atoms with Gasteiger partial charge in [0.25, 0.3) is 5.91 Å². The first-order valence-electron chi connectivity index (χ1n) is 7.64. The van der Waals surface area contributed by atoms with Gasteiger partial charge in [0.1, 0.15) is 18.4 Å². The van der Waals surface area contributed by atoms with E-state index in [1.54, 1.807) is 19.9 Å². The van der Waals surface area contributed by atoms with Crippen LogP contribution < -0.4 is 5.32 Å². The molecule has 0 aliphatic heterocycles. The van der Waals surface area contributed by atoms with Gasteiger partial charge in [-0.1, -0.05) is 13.8 Å². The first kappa shape index (κ1) is 20.1. The summed E-state index contributed by atoms with van der Waals surface area (Å²) in [6.45, 7) is 5.41. The number of furan rings is 1. The van der Waals surface area contributed by atoms with Crippen LogP contribution in [0.4, 0.5) is 0 Å². The van der Waals surface area contributed by atoms with E-state index >= 15 is 0 Å². The van der Waals surface area contributed by atoms with E-state index in [0.29, 0.717) is 0 Å². The van der Waals surface area contributed by atoms with Crippen molar-refractivity contribution in [2.45, 2.75) is 33.7 Å². The molecule has 25 heavy (non-hydrogen) atoms. The maximum absolute atomic E-state index is 12.2. The lowest BCUT2D eigenvalue weighted by Gasteiger charge is -2.20. The van der Waals surface area contributed by atoms with Crippen LogP contribution in [-0.4, -0.2) is 41.1 Å². The number of nitrogens with one attached hydrogen (secondary N) is 2. The van der Waals surface area contributed by atoms with Crippen molar-refractivity contribution in [3.63, 3.8) is 0 Å². The summed E-state index contributed by atoms with van der Waals surface area (Å²) >= 11 is 0. The fourth-order valence-electron chi connectivity index (χ4n) is 2.10. The molecule has 1 atom stereocenters. The SMILES string of the molecule is CC(=N)/C(C(C)=O)=C(\O)COC(=O)[C@@H](NC(=O)c1ccco1)C(C)C. The van der Waals surface area contributed by atoms with Crippen molar-refractivity contribution in [1.29, 1.82) is 5.41 Å². The fraction of sp³-hybridized carbons (Fsp3) is 0.412. The third-order valence-electron chi connectivity index (χ3n) is 3.32. The van der Waals surface area contributed by atoms with Crippen LogP contribution in [0.15, 0.2) is 34.1 Å². The molecule has 0 aromatic carbocycles. The molecule has 1 aromatic rings. The number of Topliss-reactive ketones (excluding diaryl/α,β-unsaturated/α-hetero) is 1. The van der Waals surface area contributed by atoms with E-state index in [4.69, 9.17) is 14.6 Å². The highest BCUT2D eigenvalue weighted by atomic mass is 16.5. The average Bonchev–Trinajstić information content (AvgIpc) is 3.03. The summed E-state index contributed by atoms with van der Waals surface area (Å²) in [5.74, 6) is -2.58. The standard InChI is InChI=1S/C17H22N2O6/c1-9(2)15(19-16(22)13-6-5-7-24-13)17(23)25-8-12(21)14(10(3)18)11(4)20/h5-7,9,15,18,21H,8H2,1-4H3,(H,19,22)/b14-12+,18-10?/t15-/m0/s1. The normalized spacial score (nSPS) is 13.0. The molecule has 0 radical (unpaired) electrons. The second-order valence-electron chi connectivity index (χ2n) is 5.78. The molecular formula is C17H22N2O6. The Morgan fingerprint density at radius 3 is 2.40 bits per heavy atom. The predicted octanol–water partition coefficient (Wildman–Crippen LogP) is 2.02. The van der Waals surface area contributed by atoms with Crippen LogP contribution in [-0.2, 0) is 14.3 Å². The van der Waals surface area contributed by atoms with E-state index in [9.17, 15) is 19.5 Å². The lowest BCUT2D eigenvalue weighted by molar-refractivity contribution is -0.147. The quantitative estimate of drug-likeness (QED) is 0.285. The minimum atomic E-state index is -0.966. The zero-order valence-corrected chi connectivity index (χ0v) is 14.6. The van der Waals surface area contributed by atoms with Crippen LogP contribution in [0.3, 0.4) is 0 Å². The van der Waals surface area contributed by atoms with Gasteiger partial charge in [0.2, 0.25) is 0 Å². The zero-order valence-electron chi connectivity index (χ0n) is 14.6. The molecular weight excluding hydrogens is 328 g/mol. The number of carbonyl (C=O) groups excluding carboxylic acids is 3. The first-order chi connectivity index (χ1) is 11.6. The number of aliphatic hydroxyl groups is 1. The first-order valence-corrected chi connectivity index (χ1v) is 7.64. The monoisotopic (exact) mass is 350 g/mol. The highest BCUT2D eigenvalue weighted by Gasteiger charge is 2.27. The van der Waals surface area contributed by atoms with Crippen molar-refractivity contribution < 1.29 is 28.6 Å². The van der Waals surface area contributed by atoms with Crippen LogP contribution in [0.5, 0.6) is 0 Å². The van der Waals surface area contributed by atoms with Gasteiger partial charge in [-0.2, -0.15) is 0 Å². The number of ketones is 1. The molecule has 0 saturated heterocycles. The van der Waals surface area contributed by atoms with E-state index in [2.05, 4.69) is 5.32 Å². The highest BCUT2D eigenvalue weighted by Crippen LogP contribution is 2.10. The maximum atomic E-state index is 12.2. The molecule has 1 heterocycles. The fourth-order valence-corrected chi connectivity index (χ4v) is 2.10. The lowest BCUT2D eigenvalue weighted by Crippen LogP contribution is -2.45. The van der Waals surface area contributed by atoms with Gasteiger partial charge >= 0.3 is 5.97 Å². The summed E-state index contributed by atoms with van der Waals surface area (Å²) < 4.78 is 9.95. The topological polar surface area (TPSA) is 130 Å². The van der Waals surface area contributed by atoms with Crippen LogP contribution in [0.25, 0.3) is 0 Å². The number of hydrogen-bond donors (Lipinski definition) is 3. The minimum Gasteiger partial charge on any atom is -0.508 e. The zero-order chi connectivity index (χ0) is 19.1. The Morgan fingerprint density at radius 2 is 1.96 bits per heavy atom. The summed E-state index contributed by atoms with van der Waals surface area (Å²) in [4.78, 5) is 35.6. The molecule has 0 bridgehead atoms. The number of allylic oxidation sites excluding steroid dienone is 1. The number of aliphatic hydroxyl groups excluding tert-OH is 1. The Kier molecular flexibility index (Phi) is 7.10. The van der Waals surface area contributed by atoms with Gasteiger partial charge in [-0.05, 0) is 31.9 Å². The molecule has 0 aliphatic rings. The van der Waals surface area contributed by atoms with Gasteiger partial charge in [0, 0.05) is 5.71 Å². The Hall–Kier alpha value is -2.90. The molecule has 3 N–H and O–H groups in total. The van der Waals surface area contributed by atoms with Crippen LogP contribution >= 0.6 is 0 Å². The lowest BCUT2D eigenvalue weighted by atomic mass is 10.0. The molecule has 1 amide bonds. The number of ether oxygens (including phenoxy) is 1. The Morgan fingerprint density at radius 1 is 1.32 bits per heavy atom. The van der Waals surface area contributed by atoms with E-state index in [1.165, 1.54) is 26.2 Å². The number of hydrogen-bond acceptors (Lipinski definition) is 7. The van der Waals surface area contributed by atoms with Crippen molar-refractivity contribution in [3.05, 3.63) is 35.5 Å². The van der Waals surface area contributed by atoms with Gasteiger partial charge in [0.05, 0.1) is 11.8 Å². The van der Waals surface area contributed by atoms with E-state index < -0.39 is 36.1 Å². The number of esters is 1. The second kappa shape index (κ2) is 8.81. The maximum Gasteiger partial charge on any atom is 0.329 e. The van der Waals surface area contributed by atoms with Gasteiger partial charge in [-0.15, -0.1) is 0 Å². The number of carbonyl (C=O) groups is 3. The van der Waals surface area contributed by atoms with Crippen LogP contribution in [0.1, 0.15) is 38.2 Å². The van der Waals surface area contributed by atoms with Crippen molar-refractivity contribution in [2.24, 2.45) is 5.92 Å². The molecule has 8 heteroatoms. The molecule has 136 valence electrons. The van der Waals surface area contributed by atoms with Crippen molar-refractivity contribution in [1.82, 2.24) is 5.32 Å². The summed E-state index contributed by atoms with van der Waals surface area (Å²) in [5.41, 5.74) is -0.332. The van der Waals surface area contributed by atoms with Crippen LogP contribution in [0.2, 0.25) is 0 Å². The Bertz CT molecular complexity index is 672. The molecule has 0 fully saturated rings. The highest BCUT2D eigenvalue weighted by molar-refractivity contribution is 6.19. The Balaban J connectivity index is 2.80. The largest absolute Gasteiger partial charge is 0.508 e. The molecule has 8 nitrogen and oxygen atoms in total. The van der Waals surface area contributed by atoms with E-state index in [-0.39, 0.29) is 23.0 Å². The van der Waals surface area contributed by atoms with E-state index in [1.807, 2.05) is 0 Å². The molecule has 1 aromatic heterocycles. The summed E-state index contributed by atoms with van der Waals surface area (Å²) in [7, 11) is 0. The van der Waals surface area contributed by atoms with Gasteiger partial charge < -0.3 is 25.0 Å². The van der Waals surface area contributed by atoms with Gasteiger partial charge in [-0.3, -0.25) is 9.59 Å². The number of rotatable bonds is 8. The third kappa shape index (κ3) is 5.59. The van der Waals surface area contributed by atoms with Gasteiger partial charge in [-0.25, -0.2) is 4.79 Å². The predicted molar refractivity (Wildman–Crippen MR) is 89.5 cm³/mol. The van der Waals surface area contributed by atoms with Gasteiger partial charge in [0.15, 0.2) is 11.5 Å². The molecule has 0 unspecified atom stereocenters.